The number of alkyl halides is 3. The molecule has 0 amide bonds. The molecule has 0 aliphatic carbocycles. The lowest BCUT2D eigenvalue weighted by molar-refractivity contribution is -0.137. The summed E-state index contributed by atoms with van der Waals surface area (Å²) in [7, 11) is 4.00. The summed E-state index contributed by atoms with van der Waals surface area (Å²) in [5.41, 5.74) is -0.317. The molecular formula is C23H28F4N2O. The molecule has 7 heteroatoms. The first-order chi connectivity index (χ1) is 14.1. The number of hydrogen-bond donors (Lipinski definition) is 1. The highest BCUT2D eigenvalue weighted by molar-refractivity contribution is 5.29. The number of benzene rings is 2. The van der Waals surface area contributed by atoms with Crippen molar-refractivity contribution in [2.75, 3.05) is 33.7 Å². The Morgan fingerprint density at radius 2 is 1.57 bits per heavy atom. The fraction of sp³-hybridized carbons (Fsp3) is 0.478. The summed E-state index contributed by atoms with van der Waals surface area (Å²) in [6.07, 6.45) is -2.67. The normalized spacial score (nSPS) is 18.5. The van der Waals surface area contributed by atoms with Crippen LogP contribution in [-0.2, 0) is 11.8 Å². The minimum atomic E-state index is -4.39. The van der Waals surface area contributed by atoms with Crippen LogP contribution in [0.4, 0.5) is 17.6 Å². The van der Waals surface area contributed by atoms with E-state index in [1.165, 1.54) is 24.3 Å². The first kappa shape index (κ1) is 22.7. The molecule has 1 saturated heterocycles. The molecule has 0 radical (unpaired) electrons. The molecular weight excluding hydrogens is 396 g/mol. The van der Waals surface area contributed by atoms with Gasteiger partial charge in [-0.05, 0) is 75.3 Å². The lowest BCUT2D eigenvalue weighted by Gasteiger charge is -2.42. The molecule has 1 aliphatic rings. The average molecular weight is 424 g/mol. The lowest BCUT2D eigenvalue weighted by atomic mass is 9.83. The maximum Gasteiger partial charge on any atom is 0.416 e. The van der Waals surface area contributed by atoms with Crippen LogP contribution in [0.1, 0.15) is 42.0 Å². The van der Waals surface area contributed by atoms with Gasteiger partial charge in [0.1, 0.15) is 5.82 Å². The second kappa shape index (κ2) is 9.04. The SMILES string of the molecule is CN(C)CCC(c1ccc(F)cc1)N1CCC(O)(c2ccc(C(F)(F)F)cc2)CC1. The van der Waals surface area contributed by atoms with Crippen LogP contribution < -0.4 is 0 Å². The number of rotatable bonds is 6. The molecule has 1 atom stereocenters. The standard InChI is InChI=1S/C23H28F4N2O/c1-28(2)14-11-21(17-3-9-20(24)10-4-17)29-15-12-22(30,13-16-29)18-5-7-19(8-6-18)23(25,26)27/h3-10,21,30H,11-16H2,1-2H3. The predicted molar refractivity (Wildman–Crippen MR) is 108 cm³/mol. The van der Waals surface area contributed by atoms with Gasteiger partial charge in [-0.25, -0.2) is 4.39 Å². The molecule has 3 rings (SSSR count). The molecule has 2 aromatic rings. The number of aliphatic hydroxyl groups is 1. The molecule has 3 nitrogen and oxygen atoms in total. The summed E-state index contributed by atoms with van der Waals surface area (Å²) in [5, 5.41) is 11.1. The zero-order valence-corrected chi connectivity index (χ0v) is 17.3. The number of piperidine rings is 1. The lowest BCUT2D eigenvalue weighted by Crippen LogP contribution is -2.44. The van der Waals surface area contributed by atoms with Crippen LogP contribution in [0.5, 0.6) is 0 Å². The van der Waals surface area contributed by atoms with E-state index >= 15 is 0 Å². The van der Waals surface area contributed by atoms with Crippen molar-refractivity contribution in [1.29, 1.82) is 0 Å². The zero-order chi connectivity index (χ0) is 21.9. The predicted octanol–water partition coefficient (Wildman–Crippen LogP) is 4.82. The number of halogens is 4. The van der Waals surface area contributed by atoms with Crippen LogP contribution in [0, 0.1) is 5.82 Å². The molecule has 0 aromatic heterocycles. The summed E-state index contributed by atoms with van der Waals surface area (Å²) >= 11 is 0. The Kier molecular flexibility index (Phi) is 6.84. The van der Waals surface area contributed by atoms with Crippen molar-refractivity contribution < 1.29 is 22.7 Å². The zero-order valence-electron chi connectivity index (χ0n) is 17.3. The molecule has 0 saturated carbocycles. The molecule has 1 aliphatic heterocycles. The van der Waals surface area contributed by atoms with Crippen LogP contribution in [0.25, 0.3) is 0 Å². The first-order valence-electron chi connectivity index (χ1n) is 10.1. The summed E-state index contributed by atoms with van der Waals surface area (Å²) in [4.78, 5) is 4.37. The summed E-state index contributed by atoms with van der Waals surface area (Å²) in [6, 6.07) is 11.4. The highest BCUT2D eigenvalue weighted by Crippen LogP contribution is 2.38. The quantitative estimate of drug-likeness (QED) is 0.674. The highest BCUT2D eigenvalue weighted by Gasteiger charge is 2.37. The van der Waals surface area contributed by atoms with Crippen molar-refractivity contribution in [3.8, 4) is 0 Å². The second-order valence-electron chi connectivity index (χ2n) is 8.30. The van der Waals surface area contributed by atoms with E-state index in [9.17, 15) is 22.7 Å². The first-order valence-corrected chi connectivity index (χ1v) is 10.1. The Labute approximate surface area is 174 Å². The van der Waals surface area contributed by atoms with Crippen LogP contribution >= 0.6 is 0 Å². The minimum Gasteiger partial charge on any atom is -0.385 e. The van der Waals surface area contributed by atoms with E-state index < -0.39 is 17.3 Å². The smallest absolute Gasteiger partial charge is 0.385 e. The Morgan fingerprint density at radius 3 is 2.07 bits per heavy atom. The number of likely N-dealkylation sites (tertiary alicyclic amines) is 1. The van der Waals surface area contributed by atoms with Crippen molar-refractivity contribution in [2.45, 2.75) is 37.1 Å². The number of nitrogens with zero attached hydrogens (tertiary/aromatic N) is 2. The summed E-state index contributed by atoms with van der Waals surface area (Å²) in [5.74, 6) is -0.277. The van der Waals surface area contributed by atoms with Crippen LogP contribution in [0.3, 0.4) is 0 Å². The fourth-order valence-corrected chi connectivity index (χ4v) is 4.09. The van der Waals surface area contributed by atoms with Gasteiger partial charge in [-0.3, -0.25) is 4.90 Å². The van der Waals surface area contributed by atoms with E-state index in [1.54, 1.807) is 12.1 Å². The number of hydrogen-bond acceptors (Lipinski definition) is 3. The topological polar surface area (TPSA) is 26.7 Å². The minimum absolute atomic E-state index is 0.0881. The molecule has 0 spiro atoms. The molecule has 2 aromatic carbocycles. The summed E-state index contributed by atoms with van der Waals surface area (Å²) in [6.45, 7) is 2.07. The summed E-state index contributed by atoms with van der Waals surface area (Å²) < 4.78 is 51.8. The Morgan fingerprint density at radius 1 is 1.00 bits per heavy atom. The van der Waals surface area contributed by atoms with Gasteiger partial charge in [0, 0.05) is 19.1 Å². The van der Waals surface area contributed by atoms with Gasteiger partial charge in [0.25, 0.3) is 0 Å². The van der Waals surface area contributed by atoms with E-state index in [4.69, 9.17) is 0 Å². The van der Waals surface area contributed by atoms with E-state index in [-0.39, 0.29) is 11.9 Å². The fourth-order valence-electron chi connectivity index (χ4n) is 4.09. The Bertz CT molecular complexity index is 811. The van der Waals surface area contributed by atoms with E-state index in [1.807, 2.05) is 14.1 Å². The van der Waals surface area contributed by atoms with Crippen molar-refractivity contribution >= 4 is 0 Å². The van der Waals surface area contributed by atoms with Crippen LogP contribution in [-0.4, -0.2) is 48.6 Å². The highest BCUT2D eigenvalue weighted by atomic mass is 19.4. The second-order valence-corrected chi connectivity index (χ2v) is 8.30. The van der Waals surface area contributed by atoms with Gasteiger partial charge in [-0.1, -0.05) is 24.3 Å². The van der Waals surface area contributed by atoms with Crippen molar-refractivity contribution in [3.05, 3.63) is 71.0 Å². The molecule has 1 fully saturated rings. The Balaban J connectivity index is 1.72. The monoisotopic (exact) mass is 424 g/mol. The van der Waals surface area contributed by atoms with Gasteiger partial charge in [-0.15, -0.1) is 0 Å². The van der Waals surface area contributed by atoms with Crippen LogP contribution in [0.15, 0.2) is 48.5 Å². The van der Waals surface area contributed by atoms with E-state index in [2.05, 4.69) is 9.80 Å². The third-order valence-corrected chi connectivity index (χ3v) is 5.92. The third-order valence-electron chi connectivity index (χ3n) is 5.92. The average Bonchev–Trinajstić information content (AvgIpc) is 2.70. The van der Waals surface area contributed by atoms with E-state index in [0.717, 1.165) is 30.7 Å². The van der Waals surface area contributed by atoms with E-state index in [0.29, 0.717) is 31.5 Å². The maximum absolute atomic E-state index is 13.4. The third kappa shape index (κ3) is 5.39. The van der Waals surface area contributed by atoms with Gasteiger partial charge in [0.2, 0.25) is 0 Å². The van der Waals surface area contributed by atoms with Crippen molar-refractivity contribution in [1.82, 2.24) is 9.80 Å². The molecule has 0 bridgehead atoms. The van der Waals surface area contributed by atoms with Gasteiger partial charge in [0.15, 0.2) is 0 Å². The van der Waals surface area contributed by atoms with Gasteiger partial charge in [0.05, 0.1) is 11.2 Å². The molecule has 1 unspecified atom stereocenters. The van der Waals surface area contributed by atoms with Crippen LogP contribution in [0.2, 0.25) is 0 Å². The van der Waals surface area contributed by atoms with Crippen molar-refractivity contribution in [2.24, 2.45) is 0 Å². The molecule has 164 valence electrons. The van der Waals surface area contributed by atoms with Gasteiger partial charge >= 0.3 is 6.18 Å². The Hall–Kier alpha value is -1.96. The van der Waals surface area contributed by atoms with Crippen molar-refractivity contribution in [3.63, 3.8) is 0 Å². The van der Waals surface area contributed by atoms with Gasteiger partial charge in [-0.2, -0.15) is 13.2 Å². The molecule has 1 heterocycles. The molecule has 1 N–H and O–H groups in total. The van der Waals surface area contributed by atoms with Gasteiger partial charge < -0.3 is 10.0 Å². The maximum atomic E-state index is 13.4. The molecule has 30 heavy (non-hydrogen) atoms. The largest absolute Gasteiger partial charge is 0.416 e.